The molecule has 1 atom stereocenters. The Kier molecular flexibility index (Phi) is 2.88. The number of hydrogen-bond donors (Lipinski definition) is 2. The number of rotatable bonds is 2. The van der Waals surface area contributed by atoms with Crippen molar-refractivity contribution in [2.75, 3.05) is 13.1 Å². The predicted molar refractivity (Wildman–Crippen MR) is 69.2 cm³/mol. The van der Waals surface area contributed by atoms with Gasteiger partial charge in [-0.15, -0.1) is 0 Å². The highest BCUT2D eigenvalue weighted by molar-refractivity contribution is 5.79. The number of aromatic nitrogens is 1. The molecule has 1 unspecified atom stereocenters. The molecule has 2 N–H and O–H groups in total. The Morgan fingerprint density at radius 1 is 1.39 bits per heavy atom. The average Bonchev–Trinajstić information content (AvgIpc) is 2.84. The largest absolute Gasteiger partial charge is 0.319 e. The molecular formula is C14H15FN2O. The van der Waals surface area contributed by atoms with E-state index < -0.39 is 0 Å². The van der Waals surface area contributed by atoms with Crippen molar-refractivity contribution in [3.63, 3.8) is 0 Å². The highest BCUT2D eigenvalue weighted by Gasteiger charge is 2.17. The zero-order valence-corrected chi connectivity index (χ0v) is 10.0. The summed E-state index contributed by atoms with van der Waals surface area (Å²) in [6.45, 7) is 1.98. The summed E-state index contributed by atoms with van der Waals surface area (Å²) in [4.78, 5) is 14.6. The molecule has 1 aliphatic heterocycles. The number of halogens is 1. The molecule has 0 saturated carbocycles. The van der Waals surface area contributed by atoms with Crippen LogP contribution in [0.25, 0.3) is 10.9 Å². The first kappa shape index (κ1) is 11.4. The fourth-order valence-corrected chi connectivity index (χ4v) is 2.59. The molecule has 0 aliphatic carbocycles. The molecular weight excluding hydrogens is 231 g/mol. The molecule has 1 aromatic heterocycles. The summed E-state index contributed by atoms with van der Waals surface area (Å²) < 4.78 is 13.5. The molecule has 0 radical (unpaired) electrons. The Labute approximate surface area is 104 Å². The van der Waals surface area contributed by atoms with Gasteiger partial charge in [0.2, 0.25) is 0 Å². The molecule has 1 aromatic carbocycles. The number of benzene rings is 1. The molecule has 18 heavy (non-hydrogen) atoms. The molecule has 4 heteroatoms. The van der Waals surface area contributed by atoms with Gasteiger partial charge in [0.15, 0.2) is 0 Å². The summed E-state index contributed by atoms with van der Waals surface area (Å²) in [5.41, 5.74) is 0.886. The minimum Gasteiger partial charge on any atom is -0.319 e. The number of H-pyrrole nitrogens is 1. The third-order valence-corrected chi connectivity index (χ3v) is 3.58. The molecule has 3 nitrogen and oxygen atoms in total. The van der Waals surface area contributed by atoms with Crippen molar-refractivity contribution in [3.8, 4) is 0 Å². The van der Waals surface area contributed by atoms with Crippen LogP contribution in [0.3, 0.4) is 0 Å². The van der Waals surface area contributed by atoms with E-state index in [4.69, 9.17) is 0 Å². The molecule has 2 heterocycles. The van der Waals surface area contributed by atoms with E-state index in [-0.39, 0.29) is 11.4 Å². The summed E-state index contributed by atoms with van der Waals surface area (Å²) in [5.74, 6) is 0.135. The second-order valence-electron chi connectivity index (χ2n) is 4.89. The third kappa shape index (κ3) is 2.04. The van der Waals surface area contributed by atoms with Gasteiger partial charge < -0.3 is 10.3 Å². The Bertz CT molecular complexity index is 629. The Hall–Kier alpha value is -1.68. The van der Waals surface area contributed by atoms with E-state index in [1.54, 1.807) is 6.07 Å². The van der Waals surface area contributed by atoms with Crippen LogP contribution < -0.4 is 10.9 Å². The van der Waals surface area contributed by atoms with Crippen LogP contribution in [0, 0.1) is 11.7 Å². The molecule has 3 rings (SSSR count). The van der Waals surface area contributed by atoms with Gasteiger partial charge >= 0.3 is 0 Å². The van der Waals surface area contributed by atoms with E-state index in [0.717, 1.165) is 36.9 Å². The lowest BCUT2D eigenvalue weighted by Crippen LogP contribution is -2.18. The maximum Gasteiger partial charge on any atom is 0.251 e. The van der Waals surface area contributed by atoms with Gasteiger partial charge in [-0.2, -0.15) is 0 Å². The van der Waals surface area contributed by atoms with Crippen molar-refractivity contribution < 1.29 is 4.39 Å². The van der Waals surface area contributed by atoms with E-state index in [2.05, 4.69) is 10.3 Å². The Morgan fingerprint density at radius 2 is 2.28 bits per heavy atom. The van der Waals surface area contributed by atoms with Crippen LogP contribution >= 0.6 is 0 Å². The highest BCUT2D eigenvalue weighted by atomic mass is 19.1. The third-order valence-electron chi connectivity index (χ3n) is 3.58. The normalized spacial score (nSPS) is 19.5. The maximum absolute atomic E-state index is 13.5. The summed E-state index contributed by atoms with van der Waals surface area (Å²) in [6.07, 6.45) is 1.86. The number of nitrogens with one attached hydrogen (secondary N) is 2. The summed E-state index contributed by atoms with van der Waals surface area (Å²) >= 11 is 0. The van der Waals surface area contributed by atoms with Crippen LogP contribution in [0.15, 0.2) is 29.1 Å². The predicted octanol–water partition coefficient (Wildman–Crippen LogP) is 1.82. The van der Waals surface area contributed by atoms with Crippen molar-refractivity contribution in [2.45, 2.75) is 12.8 Å². The monoisotopic (exact) mass is 246 g/mol. The van der Waals surface area contributed by atoms with Crippen molar-refractivity contribution in [2.24, 2.45) is 5.92 Å². The molecule has 1 saturated heterocycles. The maximum atomic E-state index is 13.5. The average molecular weight is 246 g/mol. The van der Waals surface area contributed by atoms with Crippen molar-refractivity contribution in [3.05, 3.63) is 46.0 Å². The van der Waals surface area contributed by atoms with Gasteiger partial charge in [-0.05, 0) is 44.0 Å². The minimum absolute atomic E-state index is 0.167. The van der Waals surface area contributed by atoms with Crippen LogP contribution in [-0.2, 0) is 6.42 Å². The molecule has 1 aliphatic rings. The molecule has 1 fully saturated rings. The van der Waals surface area contributed by atoms with Crippen molar-refractivity contribution in [1.29, 1.82) is 0 Å². The van der Waals surface area contributed by atoms with E-state index >= 15 is 0 Å². The zero-order valence-electron chi connectivity index (χ0n) is 10.0. The van der Waals surface area contributed by atoms with Gasteiger partial charge in [-0.1, -0.05) is 12.1 Å². The Balaban J connectivity index is 2.02. The van der Waals surface area contributed by atoms with Crippen LogP contribution in [-0.4, -0.2) is 18.1 Å². The zero-order chi connectivity index (χ0) is 12.5. The van der Waals surface area contributed by atoms with E-state index in [0.29, 0.717) is 11.4 Å². The van der Waals surface area contributed by atoms with Gasteiger partial charge in [-0.3, -0.25) is 4.79 Å². The van der Waals surface area contributed by atoms with Gasteiger partial charge in [0.1, 0.15) is 5.82 Å². The van der Waals surface area contributed by atoms with E-state index in [1.807, 2.05) is 12.1 Å². The standard InChI is InChI=1S/C14H15FN2O/c15-12-3-1-2-10-7-11(14(18)17-13(10)12)6-9-4-5-16-8-9/h1-3,7,9,16H,4-6,8H2,(H,17,18). The van der Waals surface area contributed by atoms with Crippen LogP contribution in [0.4, 0.5) is 4.39 Å². The number of pyridine rings is 1. The molecule has 0 spiro atoms. The number of para-hydroxylation sites is 1. The molecule has 0 amide bonds. The number of aromatic amines is 1. The van der Waals surface area contributed by atoms with E-state index in [1.165, 1.54) is 6.07 Å². The number of hydrogen-bond acceptors (Lipinski definition) is 2. The smallest absolute Gasteiger partial charge is 0.251 e. The minimum atomic E-state index is -0.376. The van der Waals surface area contributed by atoms with Crippen LogP contribution in [0.5, 0.6) is 0 Å². The summed E-state index contributed by atoms with van der Waals surface area (Å²) in [5, 5.41) is 4.05. The van der Waals surface area contributed by atoms with Gasteiger partial charge in [0.25, 0.3) is 5.56 Å². The first-order chi connectivity index (χ1) is 8.74. The second kappa shape index (κ2) is 4.53. The van der Waals surface area contributed by atoms with Gasteiger partial charge in [-0.25, -0.2) is 4.39 Å². The summed E-state index contributed by atoms with van der Waals surface area (Å²) in [6, 6.07) is 6.66. The SMILES string of the molecule is O=c1[nH]c2c(F)cccc2cc1CC1CCNC1. The van der Waals surface area contributed by atoms with Gasteiger partial charge in [0.05, 0.1) is 5.52 Å². The van der Waals surface area contributed by atoms with Gasteiger partial charge in [0, 0.05) is 10.9 Å². The lowest BCUT2D eigenvalue weighted by atomic mass is 9.98. The lowest BCUT2D eigenvalue weighted by Gasteiger charge is -2.08. The van der Waals surface area contributed by atoms with Crippen LogP contribution in [0.1, 0.15) is 12.0 Å². The molecule has 2 aromatic rings. The first-order valence-electron chi connectivity index (χ1n) is 6.25. The number of fused-ring (bicyclic) bond motifs is 1. The van der Waals surface area contributed by atoms with Crippen LogP contribution in [0.2, 0.25) is 0 Å². The first-order valence-corrected chi connectivity index (χ1v) is 6.25. The Morgan fingerprint density at radius 3 is 3.06 bits per heavy atom. The summed E-state index contributed by atoms with van der Waals surface area (Å²) in [7, 11) is 0. The molecule has 0 bridgehead atoms. The topological polar surface area (TPSA) is 44.9 Å². The quantitative estimate of drug-likeness (QED) is 0.849. The fraction of sp³-hybridized carbons (Fsp3) is 0.357. The fourth-order valence-electron chi connectivity index (χ4n) is 2.59. The lowest BCUT2D eigenvalue weighted by molar-refractivity contribution is 0.577. The highest BCUT2D eigenvalue weighted by Crippen LogP contribution is 2.18. The van der Waals surface area contributed by atoms with Crippen molar-refractivity contribution in [1.82, 2.24) is 10.3 Å². The molecule has 94 valence electrons. The van der Waals surface area contributed by atoms with E-state index in [9.17, 15) is 9.18 Å². The second-order valence-corrected chi connectivity index (χ2v) is 4.89. The van der Waals surface area contributed by atoms with Crippen molar-refractivity contribution >= 4 is 10.9 Å².